The fourth-order valence-electron chi connectivity index (χ4n) is 8.39. The number of carbonyl (C=O) groups is 2. The number of hydrogen-bond donors (Lipinski definition) is 1. The number of piperidine rings is 1. The third-order valence-corrected chi connectivity index (χ3v) is 11.2. The average Bonchev–Trinajstić information content (AvgIpc) is 3.67. The van der Waals surface area contributed by atoms with Crippen LogP contribution in [0.1, 0.15) is 86.2 Å². The normalized spacial score (nSPS) is 20.5. The summed E-state index contributed by atoms with van der Waals surface area (Å²) in [5, 5.41) is 4.34. The van der Waals surface area contributed by atoms with Crippen molar-refractivity contribution < 1.29 is 14.3 Å². The molecular formula is C40H59N7O3. The molecule has 0 radical (unpaired) electrons. The lowest BCUT2D eigenvalue weighted by atomic mass is 9.84. The molecular weight excluding hydrogens is 626 g/mol. The highest BCUT2D eigenvalue weighted by molar-refractivity contribution is 6.07. The van der Waals surface area contributed by atoms with E-state index in [2.05, 4.69) is 102 Å². The third-order valence-electron chi connectivity index (χ3n) is 11.2. The van der Waals surface area contributed by atoms with Crippen molar-refractivity contribution in [3.05, 3.63) is 58.8 Å². The molecule has 3 aliphatic rings. The van der Waals surface area contributed by atoms with Crippen LogP contribution in [0.4, 0.5) is 5.69 Å². The Hall–Kier alpha value is -3.44. The first-order valence-electron chi connectivity index (χ1n) is 18.6. The Kier molecular flexibility index (Phi) is 10.9. The van der Waals surface area contributed by atoms with E-state index in [9.17, 15) is 9.59 Å². The van der Waals surface area contributed by atoms with Crippen molar-refractivity contribution in [3.63, 3.8) is 0 Å². The monoisotopic (exact) mass is 685 g/mol. The number of amides is 2. The van der Waals surface area contributed by atoms with Gasteiger partial charge in [-0.15, -0.1) is 0 Å². The molecule has 3 aliphatic heterocycles. The Morgan fingerprint density at radius 3 is 2.28 bits per heavy atom. The number of piperazine rings is 1. The predicted molar refractivity (Wildman–Crippen MR) is 202 cm³/mol. The zero-order valence-corrected chi connectivity index (χ0v) is 31.7. The second-order valence-electron chi connectivity index (χ2n) is 16.0. The van der Waals surface area contributed by atoms with Gasteiger partial charge in [0.25, 0.3) is 5.91 Å². The first-order chi connectivity index (χ1) is 23.9. The predicted octanol–water partition coefficient (Wildman–Crippen LogP) is 5.52. The van der Waals surface area contributed by atoms with Crippen molar-refractivity contribution in [1.82, 2.24) is 29.1 Å². The van der Waals surface area contributed by atoms with E-state index in [1.54, 1.807) is 7.11 Å². The van der Waals surface area contributed by atoms with Crippen LogP contribution in [-0.2, 0) is 23.8 Å². The summed E-state index contributed by atoms with van der Waals surface area (Å²) in [5.41, 5.74) is 5.67. The topological polar surface area (TPSA) is 76.5 Å². The number of benzene rings is 2. The van der Waals surface area contributed by atoms with E-state index in [4.69, 9.17) is 4.74 Å². The number of para-hydroxylation sites is 1. The van der Waals surface area contributed by atoms with E-state index >= 15 is 0 Å². The van der Waals surface area contributed by atoms with Gasteiger partial charge in [-0.25, -0.2) is 0 Å². The third kappa shape index (κ3) is 7.45. The Bertz CT molecular complexity index is 1680. The van der Waals surface area contributed by atoms with Gasteiger partial charge in [0, 0.05) is 50.7 Å². The number of anilines is 1. The van der Waals surface area contributed by atoms with Crippen LogP contribution in [0.2, 0.25) is 0 Å². The van der Waals surface area contributed by atoms with E-state index in [0.717, 1.165) is 87.2 Å². The number of likely N-dealkylation sites (N-methyl/N-ethyl adjacent to an activating group) is 1. The fourth-order valence-corrected chi connectivity index (χ4v) is 8.39. The number of nitrogens with zero attached hydrogens (tertiary/aromatic N) is 6. The molecule has 10 nitrogen and oxygen atoms in total. The first-order valence-corrected chi connectivity index (χ1v) is 18.6. The molecule has 3 saturated heterocycles. The lowest BCUT2D eigenvalue weighted by Gasteiger charge is -2.40. The van der Waals surface area contributed by atoms with Crippen LogP contribution in [0, 0.1) is 0 Å². The number of aryl methyl sites for hydroxylation is 1. The molecule has 1 N–H and O–H groups in total. The SMILES string of the molecule is COc1c(NC(=O)c2cc3cccc(CN4CCN(C(=O)[C@@H]5CCCN5C)CC4)c3n2C)cc(C(C)(C)C)cc1C(N(C)C)N1CCCCC1. The molecule has 0 bridgehead atoms. The second-order valence-corrected chi connectivity index (χ2v) is 16.0. The number of ether oxygens (including phenoxy) is 1. The molecule has 0 saturated carbocycles. The molecule has 2 amide bonds. The quantitative estimate of drug-likeness (QED) is 0.318. The van der Waals surface area contributed by atoms with Gasteiger partial charge in [-0.3, -0.25) is 29.2 Å². The van der Waals surface area contributed by atoms with E-state index in [-0.39, 0.29) is 29.4 Å². The summed E-state index contributed by atoms with van der Waals surface area (Å²) < 4.78 is 8.18. The Labute approximate surface area is 299 Å². The van der Waals surface area contributed by atoms with E-state index in [0.29, 0.717) is 17.1 Å². The van der Waals surface area contributed by atoms with Crippen LogP contribution in [0.25, 0.3) is 10.9 Å². The van der Waals surface area contributed by atoms with Gasteiger partial charge in [0.1, 0.15) is 11.4 Å². The number of aromatic nitrogens is 1. The van der Waals surface area contributed by atoms with Crippen LogP contribution in [0.15, 0.2) is 36.4 Å². The van der Waals surface area contributed by atoms with Crippen LogP contribution in [0.5, 0.6) is 5.75 Å². The van der Waals surface area contributed by atoms with Gasteiger partial charge < -0.3 is 19.5 Å². The summed E-state index contributed by atoms with van der Waals surface area (Å²) in [6, 6.07) is 12.7. The van der Waals surface area contributed by atoms with Crippen molar-refractivity contribution in [3.8, 4) is 5.75 Å². The molecule has 50 heavy (non-hydrogen) atoms. The minimum absolute atomic E-state index is 0.0346. The number of fused-ring (bicyclic) bond motifs is 1. The summed E-state index contributed by atoms with van der Waals surface area (Å²) in [6.45, 7) is 13.7. The lowest BCUT2D eigenvalue weighted by Crippen LogP contribution is -2.52. The summed E-state index contributed by atoms with van der Waals surface area (Å²) >= 11 is 0. The van der Waals surface area contributed by atoms with Crippen molar-refractivity contribution in [2.75, 3.05) is 79.4 Å². The van der Waals surface area contributed by atoms with Crippen molar-refractivity contribution in [2.45, 2.75) is 77.0 Å². The summed E-state index contributed by atoms with van der Waals surface area (Å²) in [4.78, 5) is 38.9. The molecule has 1 aromatic heterocycles. The minimum Gasteiger partial charge on any atom is -0.494 e. The number of methoxy groups -OCH3 is 1. The molecule has 3 fully saturated rings. The maximum absolute atomic E-state index is 14.2. The molecule has 3 aromatic rings. The number of carbonyl (C=O) groups excluding carboxylic acids is 2. The lowest BCUT2D eigenvalue weighted by molar-refractivity contribution is -0.137. The smallest absolute Gasteiger partial charge is 0.272 e. The van der Waals surface area contributed by atoms with E-state index in [1.165, 1.54) is 24.8 Å². The van der Waals surface area contributed by atoms with Crippen LogP contribution in [0.3, 0.4) is 0 Å². The Balaban J connectivity index is 1.25. The molecule has 0 spiro atoms. The van der Waals surface area contributed by atoms with Gasteiger partial charge in [0.15, 0.2) is 0 Å². The zero-order chi connectivity index (χ0) is 35.7. The van der Waals surface area contributed by atoms with Gasteiger partial charge in [-0.1, -0.05) is 45.4 Å². The van der Waals surface area contributed by atoms with E-state index < -0.39 is 0 Å². The minimum atomic E-state index is -0.159. The van der Waals surface area contributed by atoms with Gasteiger partial charge in [0.05, 0.1) is 30.5 Å². The van der Waals surface area contributed by atoms with Gasteiger partial charge in [-0.2, -0.15) is 0 Å². The van der Waals surface area contributed by atoms with Crippen LogP contribution >= 0.6 is 0 Å². The van der Waals surface area contributed by atoms with Crippen molar-refractivity contribution >= 4 is 28.4 Å². The molecule has 1 unspecified atom stereocenters. The molecule has 4 heterocycles. The molecule has 2 atom stereocenters. The Morgan fingerprint density at radius 2 is 1.66 bits per heavy atom. The van der Waals surface area contributed by atoms with Gasteiger partial charge >= 0.3 is 0 Å². The Morgan fingerprint density at radius 1 is 0.940 bits per heavy atom. The van der Waals surface area contributed by atoms with E-state index in [1.807, 2.05) is 17.7 Å². The second kappa shape index (κ2) is 15.0. The molecule has 10 heteroatoms. The van der Waals surface area contributed by atoms with Crippen LogP contribution < -0.4 is 10.1 Å². The largest absolute Gasteiger partial charge is 0.494 e. The molecule has 272 valence electrons. The van der Waals surface area contributed by atoms with Gasteiger partial charge in [0.2, 0.25) is 5.91 Å². The number of rotatable bonds is 9. The standard InChI is InChI=1S/C40H59N7O3/c1-40(2,3)30-25-31(38(42(4)5)46-18-10-9-11-19-46)36(50-8)32(26-30)41-37(48)34-24-28-14-12-15-29(35(28)44(34)7)27-45-20-22-47(23-21-45)39(49)33-16-13-17-43(33)6/h12,14-15,24-26,33,38H,9-11,13,16-23,27H2,1-8H3,(H,41,48)/t33-,38?/m0/s1. The van der Waals surface area contributed by atoms with Crippen molar-refractivity contribution in [2.24, 2.45) is 7.05 Å². The molecule has 0 aliphatic carbocycles. The fraction of sp³-hybridized carbons (Fsp3) is 0.600. The number of likely N-dealkylation sites (tertiary alicyclic amines) is 2. The highest BCUT2D eigenvalue weighted by atomic mass is 16.5. The zero-order valence-electron chi connectivity index (χ0n) is 31.7. The average molecular weight is 686 g/mol. The van der Waals surface area contributed by atoms with Crippen LogP contribution in [-0.4, -0.2) is 121 Å². The first kappa shape index (κ1) is 36.4. The molecule has 6 rings (SSSR count). The highest BCUT2D eigenvalue weighted by Gasteiger charge is 2.34. The maximum atomic E-state index is 14.2. The summed E-state index contributed by atoms with van der Waals surface area (Å²) in [6.07, 6.45) is 5.73. The summed E-state index contributed by atoms with van der Waals surface area (Å²) in [7, 11) is 10.0. The van der Waals surface area contributed by atoms with Crippen molar-refractivity contribution in [1.29, 1.82) is 0 Å². The molecule has 2 aromatic carbocycles. The number of nitrogens with one attached hydrogen (secondary N) is 1. The maximum Gasteiger partial charge on any atom is 0.272 e. The highest BCUT2D eigenvalue weighted by Crippen LogP contribution is 2.41. The summed E-state index contributed by atoms with van der Waals surface area (Å²) in [5.74, 6) is 0.839. The number of hydrogen-bond acceptors (Lipinski definition) is 7. The van der Waals surface area contributed by atoms with Gasteiger partial charge in [-0.05, 0) is 101 Å².